The zero-order valence-electron chi connectivity index (χ0n) is 9.88. The van der Waals surface area contributed by atoms with Crippen LogP contribution in [0.25, 0.3) is 10.8 Å². The second-order valence-electron chi connectivity index (χ2n) is 3.98. The van der Waals surface area contributed by atoms with Gasteiger partial charge in [-0.2, -0.15) is 0 Å². The van der Waals surface area contributed by atoms with Crippen LogP contribution in [0.15, 0.2) is 48.9 Å². The number of nitrogen functional groups attached to an aromatic ring is 1. The lowest BCUT2D eigenvalue weighted by Crippen LogP contribution is -1.93. The highest BCUT2D eigenvalue weighted by Crippen LogP contribution is 2.34. The largest absolute Gasteiger partial charge is 0.437 e. The Bertz CT molecular complexity index is 746. The second-order valence-corrected chi connectivity index (χ2v) is 4.38. The number of fused-ring (bicyclic) bond motifs is 1. The summed E-state index contributed by atoms with van der Waals surface area (Å²) in [6, 6.07) is 11.3. The number of ether oxygens (including phenoxy) is 1. The van der Waals surface area contributed by atoms with E-state index in [1.807, 2.05) is 24.3 Å². The van der Waals surface area contributed by atoms with Gasteiger partial charge in [-0.05, 0) is 12.1 Å². The third-order valence-electron chi connectivity index (χ3n) is 2.76. The quantitative estimate of drug-likeness (QED) is 0.723. The molecule has 5 heteroatoms. The van der Waals surface area contributed by atoms with E-state index < -0.39 is 0 Å². The van der Waals surface area contributed by atoms with Crippen molar-refractivity contribution in [3.63, 3.8) is 0 Å². The molecule has 0 amide bonds. The highest BCUT2D eigenvalue weighted by molar-refractivity contribution is 6.31. The maximum absolute atomic E-state index is 5.98. The molecule has 3 aromatic rings. The maximum atomic E-state index is 5.98. The van der Waals surface area contributed by atoms with Crippen LogP contribution in [-0.4, -0.2) is 9.97 Å². The first-order valence-corrected chi connectivity index (χ1v) is 6.04. The molecule has 3 rings (SSSR count). The minimum Gasteiger partial charge on any atom is -0.437 e. The second kappa shape index (κ2) is 4.74. The van der Waals surface area contributed by atoms with Gasteiger partial charge in [0.15, 0.2) is 0 Å². The van der Waals surface area contributed by atoms with Crippen LogP contribution in [0.2, 0.25) is 5.02 Å². The van der Waals surface area contributed by atoms with Crippen LogP contribution in [0.4, 0.5) is 5.69 Å². The van der Waals surface area contributed by atoms with Crippen molar-refractivity contribution in [3.05, 3.63) is 53.9 Å². The summed E-state index contributed by atoms with van der Waals surface area (Å²) < 4.78 is 5.74. The minimum absolute atomic E-state index is 0.326. The highest BCUT2D eigenvalue weighted by Gasteiger charge is 2.08. The molecule has 94 valence electrons. The summed E-state index contributed by atoms with van der Waals surface area (Å²) in [7, 11) is 0. The topological polar surface area (TPSA) is 61.0 Å². The van der Waals surface area contributed by atoms with Crippen LogP contribution >= 0.6 is 11.6 Å². The number of nitrogens with two attached hydrogens (primary N) is 1. The van der Waals surface area contributed by atoms with Crippen molar-refractivity contribution in [1.82, 2.24) is 9.97 Å². The zero-order valence-corrected chi connectivity index (χ0v) is 10.6. The Labute approximate surface area is 114 Å². The van der Waals surface area contributed by atoms with Crippen molar-refractivity contribution in [3.8, 4) is 11.6 Å². The number of benzene rings is 2. The number of aromatic nitrogens is 2. The Morgan fingerprint density at radius 1 is 1.05 bits per heavy atom. The van der Waals surface area contributed by atoms with Crippen molar-refractivity contribution in [1.29, 1.82) is 0 Å². The number of nitrogens with zero attached hydrogens (tertiary/aromatic N) is 2. The Hall–Kier alpha value is -2.33. The van der Waals surface area contributed by atoms with Crippen LogP contribution in [-0.2, 0) is 0 Å². The molecular weight excluding hydrogens is 262 g/mol. The lowest BCUT2D eigenvalue weighted by Gasteiger charge is -2.10. The van der Waals surface area contributed by atoms with E-state index in [-0.39, 0.29) is 0 Å². The Morgan fingerprint density at radius 3 is 2.63 bits per heavy atom. The minimum atomic E-state index is 0.326. The number of rotatable bonds is 2. The Morgan fingerprint density at radius 2 is 1.84 bits per heavy atom. The Balaban J connectivity index is 2.12. The molecule has 0 fully saturated rings. The van der Waals surface area contributed by atoms with E-state index in [0.717, 1.165) is 10.8 Å². The monoisotopic (exact) mass is 271 g/mol. The van der Waals surface area contributed by atoms with Crippen molar-refractivity contribution in [2.75, 3.05) is 5.73 Å². The molecule has 0 saturated heterocycles. The van der Waals surface area contributed by atoms with E-state index in [9.17, 15) is 0 Å². The van der Waals surface area contributed by atoms with Gasteiger partial charge in [-0.25, -0.2) is 9.97 Å². The van der Waals surface area contributed by atoms with E-state index in [4.69, 9.17) is 22.1 Å². The van der Waals surface area contributed by atoms with Gasteiger partial charge in [0.2, 0.25) is 5.88 Å². The first-order chi connectivity index (χ1) is 9.25. The van der Waals surface area contributed by atoms with Crippen LogP contribution in [0.1, 0.15) is 0 Å². The number of hydrogen-bond acceptors (Lipinski definition) is 4. The van der Waals surface area contributed by atoms with Crippen molar-refractivity contribution < 1.29 is 4.74 Å². The molecule has 0 bridgehead atoms. The molecule has 0 aliphatic carbocycles. The molecule has 0 unspecified atom stereocenters. The molecule has 0 saturated carbocycles. The molecule has 0 aliphatic rings. The van der Waals surface area contributed by atoms with Gasteiger partial charge in [-0.15, -0.1) is 0 Å². The summed E-state index contributed by atoms with van der Waals surface area (Å²) in [5.41, 5.74) is 6.65. The summed E-state index contributed by atoms with van der Waals surface area (Å²) in [5, 5.41) is 2.21. The molecule has 1 heterocycles. The SMILES string of the molecule is Nc1ccc(Oc2ncncc2Cl)c2ccccc12. The van der Waals surface area contributed by atoms with E-state index >= 15 is 0 Å². The molecule has 0 radical (unpaired) electrons. The van der Waals surface area contributed by atoms with E-state index in [1.54, 1.807) is 12.1 Å². The first kappa shape index (κ1) is 11.7. The van der Waals surface area contributed by atoms with E-state index in [0.29, 0.717) is 22.3 Å². The van der Waals surface area contributed by atoms with E-state index in [2.05, 4.69) is 9.97 Å². The van der Waals surface area contributed by atoms with Crippen LogP contribution in [0, 0.1) is 0 Å². The zero-order chi connectivity index (χ0) is 13.2. The summed E-state index contributed by atoms with van der Waals surface area (Å²) in [6.07, 6.45) is 2.88. The molecule has 19 heavy (non-hydrogen) atoms. The molecule has 0 atom stereocenters. The van der Waals surface area contributed by atoms with Gasteiger partial charge in [0.05, 0.1) is 6.20 Å². The third kappa shape index (κ3) is 2.18. The van der Waals surface area contributed by atoms with Gasteiger partial charge in [0.1, 0.15) is 17.1 Å². The normalized spacial score (nSPS) is 10.6. The average Bonchev–Trinajstić information content (AvgIpc) is 2.44. The highest BCUT2D eigenvalue weighted by atomic mass is 35.5. The average molecular weight is 272 g/mol. The third-order valence-corrected chi connectivity index (χ3v) is 3.02. The standard InChI is InChI=1S/C14H10ClN3O/c15-11-7-17-8-18-14(11)19-13-6-5-12(16)9-3-1-2-4-10(9)13/h1-8H,16H2. The lowest BCUT2D eigenvalue weighted by atomic mass is 10.1. The molecule has 2 aromatic carbocycles. The maximum Gasteiger partial charge on any atom is 0.241 e. The summed E-state index contributed by atoms with van der Waals surface area (Å²) >= 11 is 5.98. The fourth-order valence-corrected chi connectivity index (χ4v) is 2.01. The van der Waals surface area contributed by atoms with Crippen molar-refractivity contribution in [2.24, 2.45) is 0 Å². The smallest absolute Gasteiger partial charge is 0.241 e. The van der Waals surface area contributed by atoms with Crippen LogP contribution < -0.4 is 10.5 Å². The first-order valence-electron chi connectivity index (χ1n) is 5.66. The lowest BCUT2D eigenvalue weighted by molar-refractivity contribution is 0.467. The summed E-state index contributed by atoms with van der Waals surface area (Å²) in [4.78, 5) is 7.83. The van der Waals surface area contributed by atoms with Gasteiger partial charge in [-0.3, -0.25) is 0 Å². The molecule has 0 spiro atoms. The van der Waals surface area contributed by atoms with Gasteiger partial charge < -0.3 is 10.5 Å². The molecule has 1 aromatic heterocycles. The predicted octanol–water partition coefficient (Wildman–Crippen LogP) is 3.66. The number of halogens is 1. The molecule has 4 nitrogen and oxygen atoms in total. The van der Waals surface area contributed by atoms with E-state index in [1.165, 1.54) is 12.5 Å². The molecule has 0 aliphatic heterocycles. The van der Waals surface area contributed by atoms with Gasteiger partial charge >= 0.3 is 0 Å². The molecule has 2 N–H and O–H groups in total. The van der Waals surface area contributed by atoms with Crippen LogP contribution in [0.5, 0.6) is 11.6 Å². The van der Waals surface area contributed by atoms with Gasteiger partial charge in [-0.1, -0.05) is 35.9 Å². The fraction of sp³-hybridized carbons (Fsp3) is 0. The van der Waals surface area contributed by atoms with Gasteiger partial charge in [0.25, 0.3) is 0 Å². The number of anilines is 1. The van der Waals surface area contributed by atoms with Gasteiger partial charge in [0, 0.05) is 16.5 Å². The summed E-state index contributed by atoms with van der Waals surface area (Å²) in [5.74, 6) is 0.983. The predicted molar refractivity (Wildman–Crippen MR) is 75.5 cm³/mol. The Kier molecular flexibility index (Phi) is 2.93. The van der Waals surface area contributed by atoms with Crippen molar-refractivity contribution in [2.45, 2.75) is 0 Å². The van der Waals surface area contributed by atoms with Crippen LogP contribution in [0.3, 0.4) is 0 Å². The van der Waals surface area contributed by atoms with Crippen molar-refractivity contribution >= 4 is 28.1 Å². The molecular formula is C14H10ClN3O. The fourth-order valence-electron chi connectivity index (χ4n) is 1.86. The summed E-state index contributed by atoms with van der Waals surface area (Å²) in [6.45, 7) is 0. The number of hydrogen-bond donors (Lipinski definition) is 1.